The van der Waals surface area contributed by atoms with Crippen LogP contribution in [-0.2, 0) is 0 Å². The van der Waals surface area contributed by atoms with Gasteiger partial charge in [-0.2, -0.15) is 4.98 Å². The van der Waals surface area contributed by atoms with Crippen LogP contribution < -0.4 is 14.7 Å². The van der Waals surface area contributed by atoms with Crippen molar-refractivity contribution >= 4 is 23.4 Å². The highest BCUT2D eigenvalue weighted by Crippen LogP contribution is 2.21. The fourth-order valence-electron chi connectivity index (χ4n) is 4.07. The number of carbonyl (C=O) groups excluding carboxylic acids is 1. The van der Waals surface area contributed by atoms with Crippen LogP contribution in [0.1, 0.15) is 16.1 Å². The molecule has 0 spiro atoms. The number of aromatic nitrogens is 2. The van der Waals surface area contributed by atoms with Gasteiger partial charge >= 0.3 is 0 Å². The predicted octanol–water partition coefficient (Wildman–Crippen LogP) is 1.57. The zero-order chi connectivity index (χ0) is 22.0. The number of likely N-dealkylation sites (N-methyl/N-ethyl adjacent to an activating group) is 1. The molecule has 1 amide bonds. The molecule has 31 heavy (non-hydrogen) atoms. The number of nitrogens with zero attached hydrogens (tertiary/aromatic N) is 7. The summed E-state index contributed by atoms with van der Waals surface area (Å²) >= 11 is 0. The minimum Gasteiger partial charge on any atom is -0.378 e. The van der Waals surface area contributed by atoms with Gasteiger partial charge in [-0.15, -0.1) is 0 Å². The highest BCUT2D eigenvalue weighted by atomic mass is 16.2. The van der Waals surface area contributed by atoms with Crippen molar-refractivity contribution in [2.45, 2.75) is 6.92 Å². The Kier molecular flexibility index (Phi) is 6.27. The van der Waals surface area contributed by atoms with E-state index in [1.807, 2.05) is 55.1 Å². The van der Waals surface area contributed by atoms with E-state index in [0.717, 1.165) is 68.0 Å². The highest BCUT2D eigenvalue weighted by Gasteiger charge is 2.25. The minimum absolute atomic E-state index is 0.0910. The van der Waals surface area contributed by atoms with Crippen LogP contribution >= 0.6 is 0 Å². The molecule has 0 radical (unpaired) electrons. The summed E-state index contributed by atoms with van der Waals surface area (Å²) in [6.07, 6.45) is 0. The Morgan fingerprint density at radius 1 is 0.871 bits per heavy atom. The molecule has 4 rings (SSSR count). The molecule has 0 atom stereocenters. The standard InChI is InChI=1S/C23H33N7O/c1-18-17-21(28-11-9-27(4)10-12-28)25-23(24-18)30-15-13-29(14-16-30)22(31)19-5-7-20(8-6-19)26(2)3/h5-8,17H,9-16H2,1-4H3. The minimum atomic E-state index is 0.0910. The van der Waals surface area contributed by atoms with Crippen molar-refractivity contribution in [2.24, 2.45) is 0 Å². The first-order valence-electron chi connectivity index (χ1n) is 11.0. The topological polar surface area (TPSA) is 59.1 Å². The van der Waals surface area contributed by atoms with Crippen LogP contribution in [0.25, 0.3) is 0 Å². The second-order valence-electron chi connectivity index (χ2n) is 8.68. The summed E-state index contributed by atoms with van der Waals surface area (Å²) < 4.78 is 0. The monoisotopic (exact) mass is 423 g/mol. The molecule has 0 unspecified atom stereocenters. The van der Waals surface area contributed by atoms with Gasteiger partial charge in [-0.25, -0.2) is 4.98 Å². The summed E-state index contributed by atoms with van der Waals surface area (Å²) in [6.45, 7) is 8.94. The Labute approximate surface area is 185 Å². The normalized spacial score (nSPS) is 17.7. The fraction of sp³-hybridized carbons (Fsp3) is 0.522. The lowest BCUT2D eigenvalue weighted by Crippen LogP contribution is -2.49. The molecule has 2 fully saturated rings. The van der Waals surface area contributed by atoms with Gasteiger partial charge in [0.05, 0.1) is 0 Å². The highest BCUT2D eigenvalue weighted by molar-refractivity contribution is 5.94. The molecule has 0 N–H and O–H groups in total. The van der Waals surface area contributed by atoms with Gasteiger partial charge in [0.15, 0.2) is 0 Å². The Hall–Kier alpha value is -2.87. The maximum absolute atomic E-state index is 12.9. The van der Waals surface area contributed by atoms with E-state index in [1.54, 1.807) is 0 Å². The Balaban J connectivity index is 1.40. The molecule has 166 valence electrons. The Morgan fingerprint density at radius 2 is 1.48 bits per heavy atom. The first kappa shape index (κ1) is 21.4. The van der Waals surface area contributed by atoms with Gasteiger partial charge in [-0.05, 0) is 38.2 Å². The third-order valence-electron chi connectivity index (χ3n) is 6.14. The largest absolute Gasteiger partial charge is 0.378 e. The average molecular weight is 424 g/mol. The maximum atomic E-state index is 12.9. The van der Waals surface area contributed by atoms with Crippen molar-refractivity contribution in [3.63, 3.8) is 0 Å². The SMILES string of the molecule is Cc1cc(N2CCN(C)CC2)nc(N2CCN(C(=O)c3ccc(N(C)C)cc3)CC2)n1. The second kappa shape index (κ2) is 9.09. The molecule has 0 bridgehead atoms. The number of aryl methyl sites for hydroxylation is 1. The number of piperazine rings is 2. The molecule has 2 saturated heterocycles. The van der Waals surface area contributed by atoms with Crippen molar-refractivity contribution < 1.29 is 4.79 Å². The summed E-state index contributed by atoms with van der Waals surface area (Å²) in [6, 6.07) is 9.88. The lowest BCUT2D eigenvalue weighted by atomic mass is 10.1. The van der Waals surface area contributed by atoms with Gasteiger partial charge in [-0.1, -0.05) is 0 Å². The average Bonchev–Trinajstić information content (AvgIpc) is 2.79. The van der Waals surface area contributed by atoms with E-state index >= 15 is 0 Å². The van der Waals surface area contributed by atoms with Crippen LogP contribution in [0.5, 0.6) is 0 Å². The van der Waals surface area contributed by atoms with Gasteiger partial charge in [0.1, 0.15) is 5.82 Å². The molecule has 2 aliphatic heterocycles. The first-order valence-corrected chi connectivity index (χ1v) is 11.0. The van der Waals surface area contributed by atoms with Crippen LogP contribution in [0, 0.1) is 6.92 Å². The van der Waals surface area contributed by atoms with E-state index in [2.05, 4.69) is 27.8 Å². The lowest BCUT2D eigenvalue weighted by molar-refractivity contribution is 0.0746. The third-order valence-corrected chi connectivity index (χ3v) is 6.14. The predicted molar refractivity (Wildman–Crippen MR) is 125 cm³/mol. The number of hydrogen-bond acceptors (Lipinski definition) is 7. The van der Waals surface area contributed by atoms with Crippen molar-refractivity contribution in [1.29, 1.82) is 0 Å². The summed E-state index contributed by atoms with van der Waals surface area (Å²) in [5.74, 6) is 1.87. The molecule has 2 aliphatic rings. The zero-order valence-electron chi connectivity index (χ0n) is 19.1. The zero-order valence-corrected chi connectivity index (χ0v) is 19.1. The quantitative estimate of drug-likeness (QED) is 0.740. The molecule has 2 aromatic rings. The molecular weight excluding hydrogens is 390 g/mol. The number of hydrogen-bond donors (Lipinski definition) is 0. The number of benzene rings is 1. The Morgan fingerprint density at radius 3 is 2.10 bits per heavy atom. The van der Waals surface area contributed by atoms with Gasteiger partial charge in [-0.3, -0.25) is 4.79 Å². The van der Waals surface area contributed by atoms with Crippen LogP contribution in [-0.4, -0.2) is 99.2 Å². The van der Waals surface area contributed by atoms with E-state index in [4.69, 9.17) is 9.97 Å². The second-order valence-corrected chi connectivity index (χ2v) is 8.68. The van der Waals surface area contributed by atoms with Crippen molar-refractivity contribution in [3.8, 4) is 0 Å². The third kappa shape index (κ3) is 4.90. The van der Waals surface area contributed by atoms with Crippen LogP contribution in [0.3, 0.4) is 0 Å². The van der Waals surface area contributed by atoms with Gasteiger partial charge in [0.2, 0.25) is 5.95 Å². The summed E-state index contributed by atoms with van der Waals surface area (Å²) in [4.78, 5) is 33.3. The van der Waals surface area contributed by atoms with Crippen LogP contribution in [0.2, 0.25) is 0 Å². The molecule has 3 heterocycles. The molecule has 1 aromatic carbocycles. The Bertz CT molecular complexity index is 899. The summed E-state index contributed by atoms with van der Waals surface area (Å²) in [5, 5.41) is 0. The van der Waals surface area contributed by atoms with Crippen LogP contribution in [0.4, 0.5) is 17.5 Å². The van der Waals surface area contributed by atoms with E-state index < -0.39 is 0 Å². The van der Waals surface area contributed by atoms with Crippen molar-refractivity contribution in [1.82, 2.24) is 19.8 Å². The van der Waals surface area contributed by atoms with Crippen molar-refractivity contribution in [2.75, 3.05) is 88.2 Å². The lowest BCUT2D eigenvalue weighted by Gasteiger charge is -2.36. The smallest absolute Gasteiger partial charge is 0.253 e. The molecular formula is C23H33N7O. The number of rotatable bonds is 4. The molecule has 8 nitrogen and oxygen atoms in total. The van der Waals surface area contributed by atoms with Crippen molar-refractivity contribution in [3.05, 3.63) is 41.6 Å². The van der Waals surface area contributed by atoms with Gasteiger partial charge < -0.3 is 24.5 Å². The van der Waals surface area contributed by atoms with E-state index in [-0.39, 0.29) is 5.91 Å². The number of carbonyl (C=O) groups is 1. The fourth-order valence-corrected chi connectivity index (χ4v) is 4.07. The first-order chi connectivity index (χ1) is 14.9. The van der Waals surface area contributed by atoms with Gasteiger partial charge in [0, 0.05) is 89.5 Å². The van der Waals surface area contributed by atoms with Gasteiger partial charge in [0.25, 0.3) is 5.91 Å². The molecule has 1 aromatic heterocycles. The molecule has 0 saturated carbocycles. The number of anilines is 3. The van der Waals surface area contributed by atoms with E-state index in [9.17, 15) is 4.79 Å². The van der Waals surface area contributed by atoms with Crippen LogP contribution in [0.15, 0.2) is 30.3 Å². The number of amides is 1. The van der Waals surface area contributed by atoms with E-state index in [0.29, 0.717) is 13.1 Å². The van der Waals surface area contributed by atoms with E-state index in [1.165, 1.54) is 0 Å². The maximum Gasteiger partial charge on any atom is 0.253 e. The summed E-state index contributed by atoms with van der Waals surface area (Å²) in [5.41, 5.74) is 2.82. The molecule has 8 heteroatoms. The molecule has 0 aliphatic carbocycles. The summed E-state index contributed by atoms with van der Waals surface area (Å²) in [7, 11) is 6.16.